The van der Waals surface area contributed by atoms with E-state index in [0.717, 1.165) is 32.1 Å². The zero-order valence-electron chi connectivity index (χ0n) is 19.3. The maximum atomic E-state index is 11.1. The maximum Gasteiger partial charge on any atom is 0.0583 e. The third kappa shape index (κ3) is 3.49. The molecule has 4 aliphatic carbocycles. The number of hydrogen-bond donors (Lipinski definition) is 2. The fraction of sp³-hybridized carbons (Fsp3) is 0.778. The quantitative estimate of drug-likeness (QED) is 0.544. The number of aliphatic hydroxyl groups is 2. The Bertz CT molecular complexity index is 740. The molecule has 0 aromatic carbocycles. The highest BCUT2D eigenvalue weighted by Crippen LogP contribution is 2.65. The van der Waals surface area contributed by atoms with Crippen molar-refractivity contribution in [2.75, 3.05) is 0 Å². The minimum Gasteiger partial charge on any atom is -0.393 e. The molecular weight excluding hydrogens is 356 g/mol. The number of aliphatic hydroxyl groups excluding tert-OH is 2. The van der Waals surface area contributed by atoms with Crippen molar-refractivity contribution in [3.05, 3.63) is 34.4 Å². The third-order valence-electron chi connectivity index (χ3n) is 9.39. The monoisotopic (exact) mass is 398 g/mol. The maximum absolute atomic E-state index is 11.1. The van der Waals surface area contributed by atoms with Crippen molar-refractivity contribution in [3.8, 4) is 0 Å². The van der Waals surface area contributed by atoms with E-state index in [4.69, 9.17) is 0 Å². The summed E-state index contributed by atoms with van der Waals surface area (Å²) in [7, 11) is 0. The van der Waals surface area contributed by atoms with Crippen molar-refractivity contribution in [1.82, 2.24) is 0 Å². The number of hydrogen-bond acceptors (Lipinski definition) is 2. The van der Waals surface area contributed by atoms with Crippen LogP contribution in [0, 0.1) is 28.6 Å². The van der Waals surface area contributed by atoms with Crippen molar-refractivity contribution in [3.63, 3.8) is 0 Å². The molecule has 4 rings (SSSR count). The van der Waals surface area contributed by atoms with Gasteiger partial charge in [0.2, 0.25) is 0 Å². The van der Waals surface area contributed by atoms with Gasteiger partial charge in [-0.05, 0) is 107 Å². The van der Waals surface area contributed by atoms with Crippen LogP contribution in [0.2, 0.25) is 0 Å². The fourth-order valence-corrected chi connectivity index (χ4v) is 7.80. The van der Waals surface area contributed by atoms with Gasteiger partial charge in [-0.2, -0.15) is 0 Å². The molecule has 0 aromatic heterocycles. The number of allylic oxidation sites excluding steroid dienone is 6. The van der Waals surface area contributed by atoms with Crippen LogP contribution in [0.5, 0.6) is 0 Å². The van der Waals surface area contributed by atoms with Gasteiger partial charge in [-0.15, -0.1) is 0 Å². The Morgan fingerprint density at radius 2 is 1.83 bits per heavy atom. The summed E-state index contributed by atoms with van der Waals surface area (Å²) in [6.45, 7) is 11.7. The van der Waals surface area contributed by atoms with Crippen molar-refractivity contribution >= 4 is 0 Å². The Balaban J connectivity index is 1.63. The van der Waals surface area contributed by atoms with Gasteiger partial charge in [0.15, 0.2) is 0 Å². The van der Waals surface area contributed by atoms with Crippen LogP contribution >= 0.6 is 0 Å². The first kappa shape index (κ1) is 21.4. The highest BCUT2D eigenvalue weighted by atomic mass is 16.3. The molecule has 0 aliphatic heterocycles. The van der Waals surface area contributed by atoms with E-state index >= 15 is 0 Å². The lowest BCUT2D eigenvalue weighted by atomic mass is 9.48. The van der Waals surface area contributed by atoms with Crippen LogP contribution in [0.1, 0.15) is 92.4 Å². The molecule has 2 N–H and O–H groups in total. The van der Waals surface area contributed by atoms with Crippen molar-refractivity contribution < 1.29 is 10.2 Å². The van der Waals surface area contributed by atoms with Gasteiger partial charge in [0.25, 0.3) is 0 Å². The largest absolute Gasteiger partial charge is 0.393 e. The Morgan fingerprint density at radius 3 is 2.55 bits per heavy atom. The van der Waals surface area contributed by atoms with Crippen molar-refractivity contribution in [2.24, 2.45) is 28.6 Å². The van der Waals surface area contributed by atoms with E-state index in [2.05, 4.69) is 46.8 Å². The molecule has 4 aliphatic rings. The first-order valence-electron chi connectivity index (χ1n) is 12.1. The van der Waals surface area contributed by atoms with E-state index in [1.165, 1.54) is 31.3 Å². The second kappa shape index (κ2) is 7.68. The minimum absolute atomic E-state index is 0.0911. The van der Waals surface area contributed by atoms with E-state index in [-0.39, 0.29) is 29.0 Å². The summed E-state index contributed by atoms with van der Waals surface area (Å²) < 4.78 is 0. The van der Waals surface area contributed by atoms with Crippen LogP contribution in [-0.4, -0.2) is 22.4 Å². The molecule has 162 valence electrons. The molecule has 0 spiro atoms. The predicted molar refractivity (Wildman–Crippen MR) is 120 cm³/mol. The smallest absolute Gasteiger partial charge is 0.0583 e. The van der Waals surface area contributed by atoms with Gasteiger partial charge in [0.1, 0.15) is 0 Å². The molecule has 2 nitrogen and oxygen atoms in total. The molecule has 0 saturated heterocycles. The lowest BCUT2D eigenvalue weighted by Gasteiger charge is -2.57. The first-order valence-corrected chi connectivity index (χ1v) is 12.1. The topological polar surface area (TPSA) is 40.5 Å². The van der Waals surface area contributed by atoms with Gasteiger partial charge in [-0.3, -0.25) is 0 Å². The fourth-order valence-electron chi connectivity index (χ4n) is 7.80. The molecule has 7 atom stereocenters. The molecule has 29 heavy (non-hydrogen) atoms. The summed E-state index contributed by atoms with van der Waals surface area (Å²) in [5.74, 6) is 1.44. The number of rotatable bonds is 3. The van der Waals surface area contributed by atoms with Crippen molar-refractivity contribution in [2.45, 2.75) is 105 Å². The normalized spacial score (nSPS) is 45.6. The molecule has 0 radical (unpaired) electrons. The van der Waals surface area contributed by atoms with E-state index < -0.39 is 0 Å². The summed E-state index contributed by atoms with van der Waals surface area (Å²) in [6.07, 6.45) is 14.1. The lowest BCUT2D eigenvalue weighted by molar-refractivity contribution is -0.0777. The van der Waals surface area contributed by atoms with Crippen LogP contribution in [0.3, 0.4) is 0 Å². The third-order valence-corrected chi connectivity index (χ3v) is 9.39. The van der Waals surface area contributed by atoms with E-state index in [9.17, 15) is 10.2 Å². The van der Waals surface area contributed by atoms with E-state index in [1.807, 2.05) is 0 Å². The van der Waals surface area contributed by atoms with Gasteiger partial charge in [-0.1, -0.05) is 48.3 Å². The molecule has 0 aromatic rings. The molecule has 0 unspecified atom stereocenters. The molecule has 3 fully saturated rings. The van der Waals surface area contributed by atoms with E-state index in [0.29, 0.717) is 11.8 Å². The van der Waals surface area contributed by atoms with Gasteiger partial charge in [-0.25, -0.2) is 0 Å². The summed E-state index contributed by atoms with van der Waals surface area (Å²) in [5.41, 5.74) is 6.77. The Hall–Kier alpha value is -0.860. The summed E-state index contributed by atoms with van der Waals surface area (Å²) in [4.78, 5) is 0. The zero-order valence-corrected chi connectivity index (χ0v) is 19.3. The van der Waals surface area contributed by atoms with Crippen LogP contribution < -0.4 is 0 Å². The molecule has 3 saturated carbocycles. The minimum atomic E-state index is -0.258. The van der Waals surface area contributed by atoms with Gasteiger partial charge in [0.05, 0.1) is 12.2 Å². The summed E-state index contributed by atoms with van der Waals surface area (Å²) in [6, 6.07) is 0. The Morgan fingerprint density at radius 1 is 1.07 bits per heavy atom. The van der Waals surface area contributed by atoms with Crippen LogP contribution in [-0.2, 0) is 0 Å². The standard InChI is InChI=1S/C27H42O2/c1-17(2)7-6-8-18(3)21-9-10-22-20-16-25(29)24-15-19(28)11-13-27(24,5)23(20)12-14-26(21,22)4/h7,12,19-20,22,24-25,28-29H,6,8-11,13-16H2,1-5H3/b21-18+/t19-,20-,22-,24-,25-,26+,27+/m0/s1. The number of fused-ring (bicyclic) bond motifs is 5. The summed E-state index contributed by atoms with van der Waals surface area (Å²) >= 11 is 0. The van der Waals surface area contributed by atoms with Crippen LogP contribution in [0.25, 0.3) is 0 Å². The zero-order chi connectivity index (χ0) is 21.0. The van der Waals surface area contributed by atoms with E-state index in [1.54, 1.807) is 16.7 Å². The molecule has 0 heterocycles. The highest BCUT2D eigenvalue weighted by molar-refractivity contribution is 5.36. The Kier molecular flexibility index (Phi) is 5.66. The van der Waals surface area contributed by atoms with Crippen LogP contribution in [0.4, 0.5) is 0 Å². The predicted octanol–water partition coefficient (Wildman–Crippen LogP) is 6.34. The molecule has 0 amide bonds. The second-order valence-corrected chi connectivity index (χ2v) is 11.4. The Labute approximate surface area is 178 Å². The average Bonchev–Trinajstić information content (AvgIpc) is 3.00. The van der Waals surface area contributed by atoms with Gasteiger partial charge < -0.3 is 10.2 Å². The van der Waals surface area contributed by atoms with Gasteiger partial charge in [0, 0.05) is 0 Å². The highest BCUT2D eigenvalue weighted by Gasteiger charge is 2.58. The van der Waals surface area contributed by atoms with Crippen molar-refractivity contribution in [1.29, 1.82) is 0 Å². The summed E-state index contributed by atoms with van der Waals surface area (Å²) in [5, 5.41) is 21.3. The first-order chi connectivity index (χ1) is 13.7. The second-order valence-electron chi connectivity index (χ2n) is 11.4. The van der Waals surface area contributed by atoms with Crippen LogP contribution in [0.15, 0.2) is 34.4 Å². The van der Waals surface area contributed by atoms with Gasteiger partial charge >= 0.3 is 0 Å². The molecule has 0 bridgehead atoms. The molecular formula is C27H42O2. The lowest BCUT2D eigenvalue weighted by Crippen LogP contribution is -2.53. The molecule has 2 heteroatoms. The average molecular weight is 399 g/mol. The SMILES string of the molecule is CC(C)=CCC/C(C)=C1\CC[C@H]2[C@@H]3C[C@H](O)[C@@H]4C[C@@H](O)CC[C@]4(C)C3=CC[C@]12C.